The molecule has 0 spiro atoms. The molecule has 0 aliphatic heterocycles. The van der Waals surface area contributed by atoms with Crippen molar-refractivity contribution in [3.63, 3.8) is 0 Å². The first-order chi connectivity index (χ1) is 6.85. The maximum absolute atomic E-state index is 5.32. The second-order valence-electron chi connectivity index (χ2n) is 2.72. The molecular weight excluding hydrogens is 180 g/mol. The van der Waals surface area contributed by atoms with Gasteiger partial charge in [-0.05, 0) is 12.1 Å². The molecule has 0 aromatic carbocycles. The second kappa shape index (κ2) is 3.44. The van der Waals surface area contributed by atoms with Gasteiger partial charge in [-0.1, -0.05) is 6.07 Å². The number of nitrogens with two attached hydrogens (primary N) is 2. The molecular formula is C8H10N6. The van der Waals surface area contributed by atoms with E-state index in [4.69, 9.17) is 11.7 Å². The van der Waals surface area contributed by atoms with E-state index in [1.807, 2.05) is 12.1 Å². The van der Waals surface area contributed by atoms with Crippen LogP contribution in [0.4, 0.5) is 11.6 Å². The minimum absolute atomic E-state index is 0.496. The number of hydrogen-bond acceptors (Lipinski definition) is 6. The summed E-state index contributed by atoms with van der Waals surface area (Å²) in [5, 5.41) is 0.920. The van der Waals surface area contributed by atoms with E-state index in [0.717, 1.165) is 5.39 Å². The third kappa shape index (κ3) is 1.32. The van der Waals surface area contributed by atoms with Crippen molar-refractivity contribution in [2.24, 2.45) is 11.7 Å². The second-order valence-corrected chi connectivity index (χ2v) is 2.72. The topological polar surface area (TPSA) is 102 Å². The Balaban J connectivity index is 2.73. The number of aromatic nitrogens is 2. The standard InChI is InChI=1S/C8H10N6/c9-13-6-4-5-2-1-3-11-7(5)8(12-6)14-10/h1-4H,9-10H2,(H2,12,13,14). The smallest absolute Gasteiger partial charge is 0.169 e. The summed E-state index contributed by atoms with van der Waals surface area (Å²) in [5.41, 5.74) is 5.65. The zero-order valence-electron chi connectivity index (χ0n) is 7.36. The molecule has 0 amide bonds. The monoisotopic (exact) mass is 190 g/mol. The predicted octanol–water partition coefficient (Wildman–Crippen LogP) is 0.201. The highest BCUT2D eigenvalue weighted by molar-refractivity contribution is 5.89. The normalized spacial score (nSPS) is 10.1. The van der Waals surface area contributed by atoms with Gasteiger partial charge in [-0.3, -0.25) is 4.98 Å². The highest BCUT2D eigenvalue weighted by atomic mass is 15.3. The van der Waals surface area contributed by atoms with Crippen molar-refractivity contribution in [3.05, 3.63) is 24.4 Å². The number of fused-ring (bicyclic) bond motifs is 1. The van der Waals surface area contributed by atoms with Gasteiger partial charge >= 0.3 is 0 Å². The van der Waals surface area contributed by atoms with Gasteiger partial charge in [0.15, 0.2) is 5.82 Å². The van der Waals surface area contributed by atoms with Crippen LogP contribution in [0.25, 0.3) is 10.9 Å². The van der Waals surface area contributed by atoms with Gasteiger partial charge in [0, 0.05) is 11.6 Å². The summed E-state index contributed by atoms with van der Waals surface area (Å²) in [5.74, 6) is 11.6. The van der Waals surface area contributed by atoms with Gasteiger partial charge in [0.25, 0.3) is 0 Å². The fourth-order valence-corrected chi connectivity index (χ4v) is 1.26. The first-order valence-electron chi connectivity index (χ1n) is 4.04. The Labute approximate surface area is 80.3 Å². The predicted molar refractivity (Wildman–Crippen MR) is 55.2 cm³/mol. The van der Waals surface area contributed by atoms with Crippen LogP contribution < -0.4 is 22.5 Å². The van der Waals surface area contributed by atoms with Gasteiger partial charge in [-0.2, -0.15) is 0 Å². The van der Waals surface area contributed by atoms with Crippen molar-refractivity contribution < 1.29 is 0 Å². The number of nitrogen functional groups attached to an aromatic ring is 2. The Morgan fingerprint density at radius 2 is 2.07 bits per heavy atom. The Hall–Kier alpha value is -1.92. The lowest BCUT2D eigenvalue weighted by Gasteiger charge is -2.06. The molecule has 0 radical (unpaired) electrons. The zero-order chi connectivity index (χ0) is 9.97. The van der Waals surface area contributed by atoms with Crippen molar-refractivity contribution in [1.29, 1.82) is 0 Å². The number of nitrogens with zero attached hydrogens (tertiary/aromatic N) is 2. The molecule has 6 N–H and O–H groups in total. The van der Waals surface area contributed by atoms with E-state index in [-0.39, 0.29) is 0 Å². The molecule has 6 nitrogen and oxygen atoms in total. The van der Waals surface area contributed by atoms with Crippen LogP contribution in [0, 0.1) is 0 Å². The highest BCUT2D eigenvalue weighted by Gasteiger charge is 2.04. The molecule has 0 aliphatic carbocycles. The number of anilines is 2. The van der Waals surface area contributed by atoms with Gasteiger partial charge < -0.3 is 10.9 Å². The third-order valence-corrected chi connectivity index (χ3v) is 1.87. The minimum atomic E-state index is 0.496. The SMILES string of the molecule is NNc1cc2cccnc2c(NN)n1. The molecule has 0 bridgehead atoms. The van der Waals surface area contributed by atoms with Crippen LogP contribution in [-0.2, 0) is 0 Å². The molecule has 0 aliphatic rings. The van der Waals surface area contributed by atoms with Crippen LogP contribution in [0.1, 0.15) is 0 Å². The van der Waals surface area contributed by atoms with E-state index in [0.29, 0.717) is 17.2 Å². The Bertz CT molecular complexity index is 455. The fourth-order valence-electron chi connectivity index (χ4n) is 1.26. The number of rotatable bonds is 2. The Morgan fingerprint density at radius 3 is 2.79 bits per heavy atom. The average molecular weight is 190 g/mol. The molecule has 0 unspecified atom stereocenters. The van der Waals surface area contributed by atoms with E-state index in [1.165, 1.54) is 0 Å². The zero-order valence-corrected chi connectivity index (χ0v) is 7.36. The van der Waals surface area contributed by atoms with Crippen LogP contribution >= 0.6 is 0 Å². The van der Waals surface area contributed by atoms with Crippen LogP contribution in [0.2, 0.25) is 0 Å². The van der Waals surface area contributed by atoms with Crippen LogP contribution in [0.3, 0.4) is 0 Å². The fraction of sp³-hybridized carbons (Fsp3) is 0. The molecule has 0 saturated carbocycles. The number of hydrogen-bond donors (Lipinski definition) is 4. The Kier molecular flexibility index (Phi) is 2.13. The van der Waals surface area contributed by atoms with E-state index < -0.39 is 0 Å². The van der Waals surface area contributed by atoms with Gasteiger partial charge in [0.2, 0.25) is 0 Å². The molecule has 0 saturated heterocycles. The first kappa shape index (κ1) is 8.67. The van der Waals surface area contributed by atoms with Gasteiger partial charge in [-0.25, -0.2) is 16.7 Å². The van der Waals surface area contributed by atoms with E-state index in [9.17, 15) is 0 Å². The summed E-state index contributed by atoms with van der Waals surface area (Å²) in [4.78, 5) is 8.26. The summed E-state index contributed by atoms with van der Waals surface area (Å²) in [6.45, 7) is 0. The summed E-state index contributed by atoms with van der Waals surface area (Å²) < 4.78 is 0. The molecule has 6 heteroatoms. The van der Waals surface area contributed by atoms with Crippen LogP contribution in [0.5, 0.6) is 0 Å². The first-order valence-corrected chi connectivity index (χ1v) is 4.04. The molecule has 2 rings (SSSR count). The average Bonchev–Trinajstić information content (AvgIpc) is 2.27. The maximum atomic E-state index is 5.32. The molecule has 14 heavy (non-hydrogen) atoms. The number of nitrogens with one attached hydrogen (secondary N) is 2. The van der Waals surface area contributed by atoms with Crippen molar-refractivity contribution in [2.75, 3.05) is 10.9 Å². The van der Waals surface area contributed by atoms with Crippen molar-refractivity contribution in [1.82, 2.24) is 9.97 Å². The molecule has 72 valence electrons. The lowest BCUT2D eigenvalue weighted by molar-refractivity contribution is 1.19. The van der Waals surface area contributed by atoms with Gasteiger partial charge in [0.1, 0.15) is 11.3 Å². The van der Waals surface area contributed by atoms with Crippen molar-refractivity contribution in [2.45, 2.75) is 0 Å². The number of hydrazine groups is 2. The molecule has 0 atom stereocenters. The van der Waals surface area contributed by atoms with Gasteiger partial charge in [-0.15, -0.1) is 0 Å². The van der Waals surface area contributed by atoms with E-state index in [2.05, 4.69) is 20.8 Å². The Morgan fingerprint density at radius 1 is 1.21 bits per heavy atom. The highest BCUT2D eigenvalue weighted by Crippen LogP contribution is 2.20. The minimum Gasteiger partial charge on any atom is -0.308 e. The number of pyridine rings is 2. The van der Waals surface area contributed by atoms with E-state index in [1.54, 1.807) is 12.3 Å². The molecule has 0 fully saturated rings. The lowest BCUT2D eigenvalue weighted by atomic mass is 10.2. The largest absolute Gasteiger partial charge is 0.308 e. The van der Waals surface area contributed by atoms with Crippen LogP contribution in [0.15, 0.2) is 24.4 Å². The van der Waals surface area contributed by atoms with Gasteiger partial charge in [0.05, 0.1) is 0 Å². The third-order valence-electron chi connectivity index (χ3n) is 1.87. The molecule has 2 heterocycles. The van der Waals surface area contributed by atoms with Crippen molar-refractivity contribution >= 4 is 22.5 Å². The van der Waals surface area contributed by atoms with Crippen LogP contribution in [-0.4, -0.2) is 9.97 Å². The summed E-state index contributed by atoms with van der Waals surface area (Å²) in [7, 11) is 0. The maximum Gasteiger partial charge on any atom is 0.169 e. The quantitative estimate of drug-likeness (QED) is 0.398. The summed E-state index contributed by atoms with van der Waals surface area (Å²) >= 11 is 0. The summed E-state index contributed by atoms with van der Waals surface area (Å²) in [6.07, 6.45) is 1.68. The lowest BCUT2D eigenvalue weighted by Crippen LogP contribution is -2.13. The van der Waals surface area contributed by atoms with Crippen molar-refractivity contribution in [3.8, 4) is 0 Å². The molecule has 2 aromatic heterocycles. The molecule has 2 aromatic rings. The summed E-state index contributed by atoms with van der Waals surface area (Å²) in [6, 6.07) is 5.54. The van der Waals surface area contributed by atoms with E-state index >= 15 is 0 Å².